The predicted octanol–water partition coefficient (Wildman–Crippen LogP) is 3.30. The van der Waals surface area contributed by atoms with Crippen molar-refractivity contribution in [1.29, 1.82) is 0 Å². The zero-order valence-electron chi connectivity index (χ0n) is 7.83. The van der Waals surface area contributed by atoms with Crippen LogP contribution in [0.25, 0.3) is 0 Å². The van der Waals surface area contributed by atoms with E-state index in [2.05, 4.69) is 37.4 Å². The van der Waals surface area contributed by atoms with E-state index in [-0.39, 0.29) is 5.41 Å². The van der Waals surface area contributed by atoms with Crippen molar-refractivity contribution in [2.24, 2.45) is 0 Å². The number of thioether (sulfide) groups is 1. The highest BCUT2D eigenvalue weighted by molar-refractivity contribution is 7.99. The van der Waals surface area contributed by atoms with Crippen LogP contribution in [-0.4, -0.2) is 16.9 Å². The molecule has 1 fully saturated rings. The van der Waals surface area contributed by atoms with Gasteiger partial charge in [-0.25, -0.2) is 0 Å². The smallest absolute Gasteiger partial charge is 0.0568 e. The first-order valence-electron chi connectivity index (χ1n) is 4.43. The molecule has 0 N–H and O–H groups in total. The Hall–Kier alpha value is -0.140. The van der Waals surface area contributed by atoms with Crippen molar-refractivity contribution in [1.82, 2.24) is 0 Å². The first-order valence-corrected chi connectivity index (χ1v) is 6.16. The van der Waals surface area contributed by atoms with Crippen LogP contribution in [0.4, 0.5) is 0 Å². The van der Waals surface area contributed by atoms with Gasteiger partial charge in [0.2, 0.25) is 0 Å². The topological polar surface area (TPSA) is 0 Å². The molecule has 2 rings (SSSR count). The summed E-state index contributed by atoms with van der Waals surface area (Å²) >= 11 is 8.14. The second-order valence-electron chi connectivity index (χ2n) is 3.71. The van der Waals surface area contributed by atoms with Gasteiger partial charge in [-0.2, -0.15) is 11.8 Å². The van der Waals surface area contributed by atoms with E-state index in [1.54, 1.807) is 0 Å². The molecule has 0 amide bonds. The monoisotopic (exact) mass is 212 g/mol. The molecule has 0 unspecified atom stereocenters. The lowest BCUT2D eigenvalue weighted by atomic mass is 9.99. The van der Waals surface area contributed by atoms with Crippen molar-refractivity contribution >= 4 is 23.4 Å². The normalized spacial score (nSPS) is 37.5. The molecule has 2 heteroatoms. The second-order valence-corrected chi connectivity index (χ2v) is 5.16. The zero-order chi connectivity index (χ0) is 9.47. The summed E-state index contributed by atoms with van der Waals surface area (Å²) in [5.74, 6) is 0. The highest BCUT2D eigenvalue weighted by Gasteiger charge is 2.61. The maximum Gasteiger partial charge on any atom is 0.0568 e. The molecule has 0 bridgehead atoms. The fourth-order valence-electron chi connectivity index (χ4n) is 1.91. The Morgan fingerprint density at radius 1 is 1.31 bits per heavy atom. The van der Waals surface area contributed by atoms with Crippen molar-refractivity contribution in [3.63, 3.8) is 0 Å². The van der Waals surface area contributed by atoms with Crippen molar-refractivity contribution in [2.75, 3.05) is 6.26 Å². The van der Waals surface area contributed by atoms with E-state index in [1.807, 2.05) is 17.8 Å². The molecule has 0 spiro atoms. The van der Waals surface area contributed by atoms with Crippen LogP contribution in [0.15, 0.2) is 30.3 Å². The minimum Gasteiger partial charge on any atom is -0.159 e. The Balaban J connectivity index is 2.29. The predicted molar refractivity (Wildman–Crippen MR) is 60.7 cm³/mol. The lowest BCUT2D eigenvalue weighted by Gasteiger charge is -2.09. The Morgan fingerprint density at radius 3 is 2.38 bits per heavy atom. The van der Waals surface area contributed by atoms with Crippen LogP contribution in [0.3, 0.4) is 0 Å². The second kappa shape index (κ2) is 3.21. The van der Waals surface area contributed by atoms with E-state index in [0.29, 0.717) is 10.6 Å². The molecule has 0 aromatic heterocycles. The summed E-state index contributed by atoms with van der Waals surface area (Å²) < 4.78 is 0. The molecule has 0 radical (unpaired) electrons. The maximum atomic E-state index is 6.27. The average molecular weight is 213 g/mol. The maximum absolute atomic E-state index is 6.27. The van der Waals surface area contributed by atoms with Gasteiger partial charge in [-0.3, -0.25) is 0 Å². The summed E-state index contributed by atoms with van der Waals surface area (Å²) in [6.45, 7) is 2.25. The van der Waals surface area contributed by atoms with E-state index in [1.165, 1.54) is 5.56 Å². The van der Waals surface area contributed by atoms with Crippen LogP contribution < -0.4 is 0 Å². The van der Waals surface area contributed by atoms with Gasteiger partial charge in [-0.1, -0.05) is 37.3 Å². The molecule has 0 heterocycles. The summed E-state index contributed by atoms with van der Waals surface area (Å²) in [6, 6.07) is 10.6. The fraction of sp³-hybridized carbons (Fsp3) is 0.455. The third kappa shape index (κ3) is 1.29. The molecule has 0 nitrogen and oxygen atoms in total. The number of benzene rings is 1. The van der Waals surface area contributed by atoms with Gasteiger partial charge in [0.05, 0.1) is 5.38 Å². The number of alkyl halides is 1. The molecule has 70 valence electrons. The van der Waals surface area contributed by atoms with Crippen LogP contribution in [0.2, 0.25) is 0 Å². The van der Waals surface area contributed by atoms with Gasteiger partial charge in [-0.15, -0.1) is 11.6 Å². The highest BCUT2D eigenvalue weighted by Crippen LogP contribution is 2.57. The quantitative estimate of drug-likeness (QED) is 0.678. The lowest BCUT2D eigenvalue weighted by molar-refractivity contribution is 0.795. The number of rotatable bonds is 2. The van der Waals surface area contributed by atoms with Gasteiger partial charge >= 0.3 is 0 Å². The average Bonchev–Trinajstić information content (AvgIpc) is 2.72. The van der Waals surface area contributed by atoms with Crippen molar-refractivity contribution in [2.45, 2.75) is 23.0 Å². The number of hydrogen-bond donors (Lipinski definition) is 0. The van der Waals surface area contributed by atoms with Gasteiger partial charge in [0.25, 0.3) is 0 Å². The summed E-state index contributed by atoms with van der Waals surface area (Å²) in [7, 11) is 0. The Bertz CT molecular complexity index is 298. The van der Waals surface area contributed by atoms with Crippen molar-refractivity contribution < 1.29 is 0 Å². The summed E-state index contributed by atoms with van der Waals surface area (Å²) in [5, 5.41) is 0.876. The fourth-order valence-corrected chi connectivity index (χ4v) is 3.96. The standard InChI is InChI=1S/C11H13ClS/c1-11(9(12)10(11)13-2)8-6-4-3-5-7-8/h3-7,9-10H,1-2H3/t9-,10-,11+/m0/s1. The van der Waals surface area contributed by atoms with E-state index >= 15 is 0 Å². The summed E-state index contributed by atoms with van der Waals surface area (Å²) in [6.07, 6.45) is 2.13. The molecule has 1 aromatic carbocycles. The molecule has 13 heavy (non-hydrogen) atoms. The third-order valence-corrected chi connectivity index (χ3v) is 5.09. The minimum absolute atomic E-state index is 0.197. The van der Waals surface area contributed by atoms with Gasteiger partial charge in [0, 0.05) is 10.7 Å². The molecule has 1 aromatic rings. The summed E-state index contributed by atoms with van der Waals surface area (Å²) in [4.78, 5) is 0. The first kappa shape index (κ1) is 9.42. The Labute approximate surface area is 88.7 Å². The van der Waals surface area contributed by atoms with Crippen LogP contribution in [-0.2, 0) is 5.41 Å². The van der Waals surface area contributed by atoms with Crippen LogP contribution in [0.5, 0.6) is 0 Å². The highest BCUT2D eigenvalue weighted by atomic mass is 35.5. The van der Waals surface area contributed by atoms with Gasteiger partial charge < -0.3 is 0 Å². The molecular formula is C11H13ClS. The molecular weight excluding hydrogens is 200 g/mol. The van der Waals surface area contributed by atoms with E-state index in [0.717, 1.165) is 0 Å². The molecule has 3 atom stereocenters. The molecule has 1 aliphatic rings. The SMILES string of the molecule is CS[C@H]1[C@H](Cl)[C@@]1(C)c1ccccc1. The van der Waals surface area contributed by atoms with E-state index in [4.69, 9.17) is 11.6 Å². The third-order valence-electron chi connectivity index (χ3n) is 2.97. The lowest BCUT2D eigenvalue weighted by Crippen LogP contribution is -2.06. The first-order chi connectivity index (χ1) is 6.21. The van der Waals surface area contributed by atoms with Crippen molar-refractivity contribution in [3.8, 4) is 0 Å². The molecule has 1 saturated carbocycles. The van der Waals surface area contributed by atoms with E-state index < -0.39 is 0 Å². The van der Waals surface area contributed by atoms with Crippen LogP contribution >= 0.6 is 23.4 Å². The Kier molecular flexibility index (Phi) is 2.33. The van der Waals surface area contributed by atoms with E-state index in [9.17, 15) is 0 Å². The molecule has 1 aliphatic carbocycles. The minimum atomic E-state index is 0.197. The molecule has 0 aliphatic heterocycles. The van der Waals surface area contributed by atoms with Gasteiger partial charge in [-0.05, 0) is 11.8 Å². The largest absolute Gasteiger partial charge is 0.159 e. The zero-order valence-corrected chi connectivity index (χ0v) is 9.40. The Morgan fingerprint density at radius 2 is 1.92 bits per heavy atom. The number of halogens is 1. The van der Waals surface area contributed by atoms with Gasteiger partial charge in [0.15, 0.2) is 0 Å². The van der Waals surface area contributed by atoms with Gasteiger partial charge in [0.1, 0.15) is 0 Å². The van der Waals surface area contributed by atoms with Crippen LogP contribution in [0.1, 0.15) is 12.5 Å². The summed E-state index contributed by atoms with van der Waals surface area (Å²) in [5.41, 5.74) is 1.57. The molecule has 0 saturated heterocycles. The van der Waals surface area contributed by atoms with Crippen molar-refractivity contribution in [3.05, 3.63) is 35.9 Å². The number of hydrogen-bond acceptors (Lipinski definition) is 1. The van der Waals surface area contributed by atoms with Crippen LogP contribution in [0, 0.1) is 0 Å².